The first-order chi connectivity index (χ1) is 12.0. The second-order valence-electron chi connectivity index (χ2n) is 5.42. The first-order valence-corrected chi connectivity index (χ1v) is 9.85. The molecule has 5 nitrogen and oxygen atoms in total. The Morgan fingerprint density at radius 3 is 2.28 bits per heavy atom. The summed E-state index contributed by atoms with van der Waals surface area (Å²) >= 11 is 12.1. The van der Waals surface area contributed by atoms with Crippen LogP contribution in [0.25, 0.3) is 0 Å². The van der Waals surface area contributed by atoms with Gasteiger partial charge in [0, 0.05) is 23.7 Å². The third kappa shape index (κ3) is 4.33. The number of sulfonamides is 1. The lowest BCUT2D eigenvalue weighted by molar-refractivity contribution is 0.0684. The molecule has 0 bridgehead atoms. The molecule has 1 saturated heterocycles. The Kier molecular flexibility index (Phi) is 5.64. The van der Waals surface area contributed by atoms with Crippen LogP contribution in [-0.2, 0) is 14.8 Å². The summed E-state index contributed by atoms with van der Waals surface area (Å²) in [4.78, 5) is 1.95. The third-order valence-corrected chi connectivity index (χ3v) is 5.61. The molecule has 0 amide bonds. The highest BCUT2D eigenvalue weighted by molar-refractivity contribution is 7.90. The SMILES string of the molecule is O=S(=O)(/N=C(\c1ccccc1Cl)N1CCOCC1)c1ccc(Cl)cc1. The zero-order valence-electron chi connectivity index (χ0n) is 13.2. The molecule has 2 aromatic carbocycles. The molecule has 132 valence electrons. The fourth-order valence-corrected chi connectivity index (χ4v) is 3.84. The number of nitrogens with zero attached hydrogens (tertiary/aromatic N) is 2. The van der Waals surface area contributed by atoms with Gasteiger partial charge >= 0.3 is 0 Å². The number of halogens is 2. The quantitative estimate of drug-likeness (QED) is 0.586. The third-order valence-electron chi connectivity index (χ3n) is 3.74. The minimum absolute atomic E-state index is 0.0784. The van der Waals surface area contributed by atoms with E-state index in [1.165, 1.54) is 24.3 Å². The van der Waals surface area contributed by atoms with Crippen LogP contribution in [0.1, 0.15) is 5.56 Å². The van der Waals surface area contributed by atoms with E-state index in [0.29, 0.717) is 47.7 Å². The van der Waals surface area contributed by atoms with Crippen molar-refractivity contribution >= 4 is 39.1 Å². The summed E-state index contributed by atoms with van der Waals surface area (Å²) in [5.74, 6) is 0.323. The molecule has 25 heavy (non-hydrogen) atoms. The maximum Gasteiger partial charge on any atom is 0.284 e. The van der Waals surface area contributed by atoms with Gasteiger partial charge in [0.25, 0.3) is 10.0 Å². The number of benzene rings is 2. The summed E-state index contributed by atoms with van der Waals surface area (Å²) in [6, 6.07) is 13.0. The van der Waals surface area contributed by atoms with Gasteiger partial charge in [0.15, 0.2) is 5.84 Å². The van der Waals surface area contributed by atoms with E-state index < -0.39 is 10.0 Å². The maximum atomic E-state index is 12.7. The van der Waals surface area contributed by atoms with Crippen LogP contribution in [0.2, 0.25) is 10.0 Å². The van der Waals surface area contributed by atoms with Crippen LogP contribution in [-0.4, -0.2) is 45.5 Å². The van der Waals surface area contributed by atoms with Crippen LogP contribution in [0, 0.1) is 0 Å². The summed E-state index contributed by atoms with van der Waals surface area (Å²) < 4.78 is 34.9. The molecule has 0 unspecified atom stereocenters. The van der Waals surface area contributed by atoms with E-state index in [-0.39, 0.29) is 4.90 Å². The van der Waals surface area contributed by atoms with Gasteiger partial charge in [-0.15, -0.1) is 4.40 Å². The van der Waals surface area contributed by atoms with Gasteiger partial charge < -0.3 is 9.64 Å². The predicted molar refractivity (Wildman–Crippen MR) is 99.0 cm³/mol. The number of amidine groups is 1. The van der Waals surface area contributed by atoms with E-state index >= 15 is 0 Å². The second-order valence-corrected chi connectivity index (χ2v) is 7.87. The Morgan fingerprint density at radius 1 is 1.00 bits per heavy atom. The lowest BCUT2D eigenvalue weighted by Crippen LogP contribution is -2.41. The van der Waals surface area contributed by atoms with E-state index in [1.54, 1.807) is 24.3 Å². The Morgan fingerprint density at radius 2 is 1.64 bits per heavy atom. The van der Waals surface area contributed by atoms with Gasteiger partial charge in [-0.25, -0.2) is 0 Å². The molecule has 0 atom stereocenters. The van der Waals surface area contributed by atoms with Crippen molar-refractivity contribution in [2.75, 3.05) is 26.3 Å². The van der Waals surface area contributed by atoms with Crippen molar-refractivity contribution in [2.45, 2.75) is 4.90 Å². The van der Waals surface area contributed by atoms with Crippen molar-refractivity contribution < 1.29 is 13.2 Å². The summed E-state index contributed by atoms with van der Waals surface area (Å²) in [5.41, 5.74) is 0.573. The number of hydrogen-bond donors (Lipinski definition) is 0. The van der Waals surface area contributed by atoms with Crippen LogP contribution in [0.15, 0.2) is 57.8 Å². The average molecular weight is 399 g/mol. The molecular formula is C17H16Cl2N2O3S. The molecule has 0 N–H and O–H groups in total. The van der Waals surface area contributed by atoms with Gasteiger partial charge in [0.05, 0.1) is 23.1 Å². The first kappa shape index (κ1) is 18.2. The van der Waals surface area contributed by atoms with Crippen molar-refractivity contribution in [3.05, 3.63) is 64.1 Å². The maximum absolute atomic E-state index is 12.7. The zero-order chi connectivity index (χ0) is 17.9. The predicted octanol–water partition coefficient (Wildman–Crippen LogP) is 3.46. The van der Waals surface area contributed by atoms with Gasteiger partial charge in [-0.05, 0) is 36.4 Å². The largest absolute Gasteiger partial charge is 0.378 e. The molecule has 1 aliphatic rings. The van der Waals surface area contributed by atoms with Gasteiger partial charge in [0.2, 0.25) is 0 Å². The molecule has 8 heteroatoms. The molecule has 0 aliphatic carbocycles. The lowest BCUT2D eigenvalue weighted by Gasteiger charge is -2.30. The molecule has 0 radical (unpaired) electrons. The van der Waals surface area contributed by atoms with E-state index in [4.69, 9.17) is 27.9 Å². The van der Waals surface area contributed by atoms with Crippen molar-refractivity contribution in [3.8, 4) is 0 Å². The highest BCUT2D eigenvalue weighted by Crippen LogP contribution is 2.22. The molecule has 0 spiro atoms. The molecule has 3 rings (SSSR count). The van der Waals surface area contributed by atoms with Crippen molar-refractivity contribution in [2.24, 2.45) is 4.40 Å². The van der Waals surface area contributed by atoms with E-state index in [9.17, 15) is 8.42 Å². The van der Waals surface area contributed by atoms with Crippen LogP contribution >= 0.6 is 23.2 Å². The van der Waals surface area contributed by atoms with Crippen molar-refractivity contribution in [1.82, 2.24) is 4.90 Å². The molecular weight excluding hydrogens is 383 g/mol. The molecule has 1 fully saturated rings. The Balaban J connectivity index is 2.08. The van der Waals surface area contributed by atoms with Crippen LogP contribution < -0.4 is 0 Å². The minimum atomic E-state index is -3.90. The van der Waals surface area contributed by atoms with E-state index in [1.807, 2.05) is 4.90 Å². The topological polar surface area (TPSA) is 59.0 Å². The normalized spacial score (nSPS) is 16.1. The molecule has 2 aromatic rings. The molecule has 1 heterocycles. The minimum Gasteiger partial charge on any atom is -0.378 e. The zero-order valence-corrected chi connectivity index (χ0v) is 15.6. The fraction of sp³-hybridized carbons (Fsp3) is 0.235. The number of morpholine rings is 1. The van der Waals surface area contributed by atoms with Crippen LogP contribution in [0.3, 0.4) is 0 Å². The Bertz CT molecular complexity index is 877. The van der Waals surface area contributed by atoms with Gasteiger partial charge in [-0.3, -0.25) is 0 Å². The number of hydrogen-bond acceptors (Lipinski definition) is 3. The monoisotopic (exact) mass is 398 g/mol. The van der Waals surface area contributed by atoms with Crippen LogP contribution in [0.5, 0.6) is 0 Å². The summed E-state index contributed by atoms with van der Waals surface area (Å²) in [7, 11) is -3.90. The van der Waals surface area contributed by atoms with E-state index in [2.05, 4.69) is 4.40 Å². The Hall–Kier alpha value is -1.60. The second kappa shape index (κ2) is 7.74. The first-order valence-electron chi connectivity index (χ1n) is 7.65. The number of rotatable bonds is 3. The summed E-state index contributed by atoms with van der Waals surface area (Å²) in [6.07, 6.45) is 0. The average Bonchev–Trinajstić information content (AvgIpc) is 2.61. The Labute approximate surface area is 156 Å². The van der Waals surface area contributed by atoms with Crippen molar-refractivity contribution in [1.29, 1.82) is 0 Å². The fourth-order valence-electron chi connectivity index (χ4n) is 2.47. The summed E-state index contributed by atoms with van der Waals surface area (Å²) in [6.45, 7) is 2.09. The standard InChI is InChI=1S/C17H16Cl2N2O3S/c18-13-5-7-14(8-6-13)25(22,23)20-17(21-9-11-24-12-10-21)15-3-1-2-4-16(15)19/h1-8H,9-12H2/b20-17+. The molecule has 0 aromatic heterocycles. The smallest absolute Gasteiger partial charge is 0.284 e. The lowest BCUT2D eigenvalue weighted by atomic mass is 10.2. The summed E-state index contributed by atoms with van der Waals surface area (Å²) in [5, 5.41) is 0.904. The van der Waals surface area contributed by atoms with Crippen molar-refractivity contribution in [3.63, 3.8) is 0 Å². The van der Waals surface area contributed by atoms with Gasteiger partial charge in [-0.2, -0.15) is 8.42 Å². The van der Waals surface area contributed by atoms with Gasteiger partial charge in [0.1, 0.15) is 0 Å². The van der Waals surface area contributed by atoms with E-state index in [0.717, 1.165) is 0 Å². The number of ether oxygens (including phenoxy) is 1. The van der Waals surface area contributed by atoms with Gasteiger partial charge in [-0.1, -0.05) is 35.3 Å². The highest BCUT2D eigenvalue weighted by Gasteiger charge is 2.23. The van der Waals surface area contributed by atoms with Crippen LogP contribution in [0.4, 0.5) is 0 Å². The highest BCUT2D eigenvalue weighted by atomic mass is 35.5. The molecule has 1 aliphatic heterocycles. The molecule has 0 saturated carbocycles.